The molecule has 0 unspecified atom stereocenters. The number of hydrogen-bond donors (Lipinski definition) is 1. The Labute approximate surface area is 117 Å². The lowest BCUT2D eigenvalue weighted by molar-refractivity contribution is -0.0420. The van der Waals surface area contributed by atoms with Gasteiger partial charge in [-0.05, 0) is 19.4 Å². The van der Waals surface area contributed by atoms with Crippen molar-refractivity contribution in [2.24, 2.45) is 0 Å². The van der Waals surface area contributed by atoms with Crippen molar-refractivity contribution in [1.29, 1.82) is 0 Å². The summed E-state index contributed by atoms with van der Waals surface area (Å²) in [5.74, 6) is 0. The van der Waals surface area contributed by atoms with Crippen molar-refractivity contribution in [3.8, 4) is 0 Å². The second-order valence-corrected chi connectivity index (χ2v) is 5.13. The SMILES string of the molecule is CCc1cc(N2C[C@@H](CO)O[C@@H](C)C2)c2nncn2n1. The smallest absolute Gasteiger partial charge is 0.200 e. The third kappa shape index (κ3) is 2.34. The summed E-state index contributed by atoms with van der Waals surface area (Å²) in [5, 5.41) is 21.9. The molecule has 2 atom stereocenters. The molecular formula is C13H19N5O2. The highest BCUT2D eigenvalue weighted by atomic mass is 16.5. The van der Waals surface area contributed by atoms with Crippen LogP contribution >= 0.6 is 0 Å². The molecule has 0 saturated carbocycles. The maximum Gasteiger partial charge on any atom is 0.200 e. The van der Waals surface area contributed by atoms with Crippen LogP contribution in [0.2, 0.25) is 0 Å². The van der Waals surface area contributed by atoms with Gasteiger partial charge in [0.15, 0.2) is 0 Å². The molecule has 1 saturated heterocycles. The highest BCUT2D eigenvalue weighted by Gasteiger charge is 2.27. The summed E-state index contributed by atoms with van der Waals surface area (Å²) >= 11 is 0. The van der Waals surface area contributed by atoms with Gasteiger partial charge in [0.05, 0.1) is 30.2 Å². The van der Waals surface area contributed by atoms with E-state index in [9.17, 15) is 5.11 Å². The van der Waals surface area contributed by atoms with Crippen molar-refractivity contribution in [1.82, 2.24) is 19.8 Å². The first-order valence-electron chi connectivity index (χ1n) is 6.92. The fraction of sp³-hybridized carbons (Fsp3) is 0.615. The number of aromatic nitrogens is 4. The number of nitrogens with zero attached hydrogens (tertiary/aromatic N) is 5. The summed E-state index contributed by atoms with van der Waals surface area (Å²) < 4.78 is 7.40. The van der Waals surface area contributed by atoms with E-state index in [-0.39, 0.29) is 18.8 Å². The summed E-state index contributed by atoms with van der Waals surface area (Å²) in [6.07, 6.45) is 2.37. The predicted octanol–water partition coefficient (Wildman–Crippen LogP) is 0.273. The van der Waals surface area contributed by atoms with Crippen molar-refractivity contribution in [3.63, 3.8) is 0 Å². The lowest BCUT2D eigenvalue weighted by Crippen LogP contribution is -2.48. The minimum absolute atomic E-state index is 0.0233. The quantitative estimate of drug-likeness (QED) is 0.868. The van der Waals surface area contributed by atoms with Crippen LogP contribution in [0.3, 0.4) is 0 Å². The fourth-order valence-corrected chi connectivity index (χ4v) is 2.61. The van der Waals surface area contributed by atoms with Gasteiger partial charge in [-0.15, -0.1) is 10.2 Å². The van der Waals surface area contributed by atoms with Gasteiger partial charge in [0, 0.05) is 13.1 Å². The van der Waals surface area contributed by atoms with E-state index in [1.54, 1.807) is 10.8 Å². The molecule has 0 aromatic carbocycles. The maximum atomic E-state index is 9.35. The van der Waals surface area contributed by atoms with E-state index >= 15 is 0 Å². The topological polar surface area (TPSA) is 75.8 Å². The van der Waals surface area contributed by atoms with Crippen LogP contribution in [-0.2, 0) is 11.2 Å². The van der Waals surface area contributed by atoms with E-state index in [4.69, 9.17) is 4.74 Å². The Morgan fingerprint density at radius 2 is 2.30 bits per heavy atom. The van der Waals surface area contributed by atoms with Crippen LogP contribution in [0.25, 0.3) is 5.65 Å². The number of aliphatic hydroxyl groups excluding tert-OH is 1. The predicted molar refractivity (Wildman–Crippen MR) is 73.8 cm³/mol. The Morgan fingerprint density at radius 1 is 1.45 bits per heavy atom. The number of ether oxygens (including phenoxy) is 1. The number of morpholine rings is 1. The average Bonchev–Trinajstić information content (AvgIpc) is 2.93. The zero-order chi connectivity index (χ0) is 14.1. The van der Waals surface area contributed by atoms with Crippen LogP contribution in [-0.4, -0.2) is 56.8 Å². The van der Waals surface area contributed by atoms with Gasteiger partial charge in [0.2, 0.25) is 5.65 Å². The first-order valence-corrected chi connectivity index (χ1v) is 6.92. The van der Waals surface area contributed by atoms with Crippen molar-refractivity contribution in [2.45, 2.75) is 32.5 Å². The summed E-state index contributed by atoms with van der Waals surface area (Å²) in [6.45, 7) is 5.52. The molecule has 0 spiro atoms. The molecule has 1 aliphatic heterocycles. The first kappa shape index (κ1) is 13.3. The molecule has 3 heterocycles. The average molecular weight is 277 g/mol. The lowest BCUT2D eigenvalue weighted by Gasteiger charge is -2.37. The maximum absolute atomic E-state index is 9.35. The third-order valence-electron chi connectivity index (χ3n) is 3.53. The zero-order valence-electron chi connectivity index (χ0n) is 11.7. The Bertz CT molecular complexity index is 599. The van der Waals surface area contributed by atoms with E-state index in [1.807, 2.05) is 6.92 Å². The Hall–Kier alpha value is -1.73. The molecule has 2 aromatic rings. The van der Waals surface area contributed by atoms with Crippen LogP contribution in [0.1, 0.15) is 19.5 Å². The van der Waals surface area contributed by atoms with E-state index in [0.717, 1.165) is 30.0 Å². The summed E-state index contributed by atoms with van der Waals surface area (Å²) in [6, 6.07) is 2.05. The summed E-state index contributed by atoms with van der Waals surface area (Å²) in [4.78, 5) is 2.19. The standard InChI is InChI=1S/C13H19N5O2/c1-3-10-4-12(13-15-14-8-18(13)16-10)17-5-9(2)20-11(6-17)7-19/h4,8-9,11,19H,3,5-7H2,1-2H3/t9-,11-/m0/s1. The first-order chi connectivity index (χ1) is 9.71. The Balaban J connectivity index is 2.01. The molecule has 108 valence electrons. The van der Waals surface area contributed by atoms with E-state index in [2.05, 4.69) is 33.2 Å². The number of aliphatic hydroxyl groups is 1. The molecule has 3 rings (SSSR count). The molecular weight excluding hydrogens is 258 g/mol. The van der Waals surface area contributed by atoms with E-state index in [0.29, 0.717) is 6.54 Å². The van der Waals surface area contributed by atoms with Crippen LogP contribution in [0.4, 0.5) is 5.69 Å². The van der Waals surface area contributed by atoms with Gasteiger partial charge in [-0.3, -0.25) is 0 Å². The van der Waals surface area contributed by atoms with Gasteiger partial charge in [0.25, 0.3) is 0 Å². The normalized spacial score (nSPS) is 23.4. The van der Waals surface area contributed by atoms with Crippen molar-refractivity contribution >= 4 is 11.3 Å². The second kappa shape index (κ2) is 5.34. The monoisotopic (exact) mass is 277 g/mol. The molecule has 1 aliphatic rings. The molecule has 0 radical (unpaired) electrons. The van der Waals surface area contributed by atoms with Crippen molar-refractivity contribution < 1.29 is 9.84 Å². The number of fused-ring (bicyclic) bond motifs is 1. The third-order valence-corrected chi connectivity index (χ3v) is 3.53. The highest BCUT2D eigenvalue weighted by Crippen LogP contribution is 2.24. The molecule has 7 heteroatoms. The minimum Gasteiger partial charge on any atom is -0.394 e. The fourth-order valence-electron chi connectivity index (χ4n) is 2.61. The van der Waals surface area contributed by atoms with Gasteiger partial charge in [-0.1, -0.05) is 6.92 Å². The molecule has 7 nitrogen and oxygen atoms in total. The number of anilines is 1. The molecule has 1 fully saturated rings. The molecule has 0 aliphatic carbocycles. The highest BCUT2D eigenvalue weighted by molar-refractivity contribution is 5.68. The molecule has 20 heavy (non-hydrogen) atoms. The van der Waals surface area contributed by atoms with Gasteiger partial charge >= 0.3 is 0 Å². The second-order valence-electron chi connectivity index (χ2n) is 5.13. The molecule has 0 amide bonds. The van der Waals surface area contributed by atoms with Gasteiger partial charge in [0.1, 0.15) is 6.33 Å². The van der Waals surface area contributed by atoms with Gasteiger partial charge < -0.3 is 14.7 Å². The number of hydrogen-bond acceptors (Lipinski definition) is 6. The number of aryl methyl sites for hydroxylation is 1. The lowest BCUT2D eigenvalue weighted by atomic mass is 10.2. The van der Waals surface area contributed by atoms with Crippen LogP contribution in [0.5, 0.6) is 0 Å². The molecule has 1 N–H and O–H groups in total. The van der Waals surface area contributed by atoms with Crippen LogP contribution < -0.4 is 4.90 Å². The Kier molecular flexibility index (Phi) is 3.54. The Morgan fingerprint density at radius 3 is 3.05 bits per heavy atom. The van der Waals surface area contributed by atoms with Crippen LogP contribution in [0, 0.1) is 0 Å². The van der Waals surface area contributed by atoms with E-state index < -0.39 is 0 Å². The van der Waals surface area contributed by atoms with E-state index in [1.165, 1.54) is 0 Å². The van der Waals surface area contributed by atoms with Crippen molar-refractivity contribution in [3.05, 3.63) is 18.1 Å². The van der Waals surface area contributed by atoms with Crippen LogP contribution in [0.15, 0.2) is 12.4 Å². The van der Waals surface area contributed by atoms with Crippen molar-refractivity contribution in [2.75, 3.05) is 24.6 Å². The molecule has 0 bridgehead atoms. The minimum atomic E-state index is -0.167. The largest absolute Gasteiger partial charge is 0.394 e. The zero-order valence-corrected chi connectivity index (χ0v) is 11.7. The molecule has 2 aromatic heterocycles. The summed E-state index contributed by atoms with van der Waals surface area (Å²) in [5.41, 5.74) is 2.74. The van der Waals surface area contributed by atoms with Gasteiger partial charge in [-0.25, -0.2) is 0 Å². The number of rotatable bonds is 3. The summed E-state index contributed by atoms with van der Waals surface area (Å²) in [7, 11) is 0. The van der Waals surface area contributed by atoms with Gasteiger partial charge in [-0.2, -0.15) is 9.61 Å².